The van der Waals surface area contributed by atoms with Gasteiger partial charge in [0.05, 0.1) is 25.0 Å². The van der Waals surface area contributed by atoms with Gasteiger partial charge in [0.25, 0.3) is 0 Å². The lowest BCUT2D eigenvalue weighted by atomic mass is 10.1. The summed E-state index contributed by atoms with van der Waals surface area (Å²) < 4.78 is 43.5. The topological polar surface area (TPSA) is 60.2 Å². The van der Waals surface area contributed by atoms with Crippen molar-refractivity contribution in [2.45, 2.75) is 32.2 Å². The van der Waals surface area contributed by atoms with Crippen LogP contribution in [-0.2, 0) is 11.3 Å². The molecule has 0 bridgehead atoms. The van der Waals surface area contributed by atoms with Crippen LogP contribution < -0.4 is 0 Å². The van der Waals surface area contributed by atoms with Gasteiger partial charge in [-0.3, -0.25) is 14.6 Å². The predicted octanol–water partition coefficient (Wildman–Crippen LogP) is 1.56. The van der Waals surface area contributed by atoms with Crippen molar-refractivity contribution in [2.75, 3.05) is 45.8 Å². The van der Waals surface area contributed by atoms with E-state index in [2.05, 4.69) is 4.90 Å². The highest BCUT2D eigenvalue weighted by molar-refractivity contribution is 5.78. The largest absolute Gasteiger partial charge is 0.467 e. The molecule has 0 unspecified atom stereocenters. The molecule has 1 N–H and O–H groups in total. The molecular weight excluding hydrogens is 351 g/mol. The third-order valence-corrected chi connectivity index (χ3v) is 4.08. The number of β-amino-alcohol motifs (C(OH)–C–C–N with tert-alkyl or cyclic N) is 1. The van der Waals surface area contributed by atoms with Crippen LogP contribution in [0.2, 0.25) is 0 Å². The Balaban J connectivity index is 1.88. The van der Waals surface area contributed by atoms with Crippen molar-refractivity contribution in [3.63, 3.8) is 0 Å². The van der Waals surface area contributed by atoms with E-state index < -0.39 is 24.2 Å². The average molecular weight is 377 g/mol. The Morgan fingerprint density at radius 2 is 1.85 bits per heavy atom. The summed E-state index contributed by atoms with van der Waals surface area (Å²) in [6.07, 6.45) is -3.10. The Kier molecular flexibility index (Phi) is 6.70. The van der Waals surface area contributed by atoms with Crippen LogP contribution in [0.4, 0.5) is 13.2 Å². The molecule has 1 aromatic rings. The van der Waals surface area contributed by atoms with E-state index in [1.165, 1.54) is 6.26 Å². The Hall–Kier alpha value is -1.58. The smallest absolute Gasteiger partial charge is 0.406 e. The van der Waals surface area contributed by atoms with Crippen molar-refractivity contribution in [1.29, 1.82) is 0 Å². The van der Waals surface area contributed by atoms with E-state index in [4.69, 9.17) is 4.42 Å². The van der Waals surface area contributed by atoms with Crippen molar-refractivity contribution >= 4 is 5.91 Å². The van der Waals surface area contributed by atoms with Gasteiger partial charge in [-0.25, -0.2) is 0 Å². The second-order valence-electron chi connectivity index (χ2n) is 7.31. The fraction of sp³-hybridized carbons (Fsp3) is 0.706. The standard InChI is InChI=1S/C17H26F3N3O3/c1-16(2,25)12-22-7-5-21(6-8-22)11-15(24)23(13-17(18,19)20)10-14-4-3-9-26-14/h3-4,9,25H,5-8,10-13H2,1-2H3. The van der Waals surface area contributed by atoms with E-state index in [0.717, 1.165) is 4.90 Å². The van der Waals surface area contributed by atoms with Gasteiger partial charge in [0.15, 0.2) is 0 Å². The first-order chi connectivity index (χ1) is 12.0. The summed E-state index contributed by atoms with van der Waals surface area (Å²) in [6, 6.07) is 3.12. The zero-order chi connectivity index (χ0) is 19.4. The molecular formula is C17H26F3N3O3. The van der Waals surface area contributed by atoms with E-state index in [1.54, 1.807) is 26.0 Å². The lowest BCUT2D eigenvalue weighted by Gasteiger charge is -2.37. The molecule has 148 valence electrons. The molecule has 1 saturated heterocycles. The molecule has 2 rings (SSSR count). The quantitative estimate of drug-likeness (QED) is 0.782. The Labute approximate surface area is 151 Å². The minimum atomic E-state index is -4.46. The number of rotatable bonds is 7. The van der Waals surface area contributed by atoms with Gasteiger partial charge in [-0.1, -0.05) is 0 Å². The number of amides is 1. The summed E-state index contributed by atoms with van der Waals surface area (Å²) in [5.74, 6) is -0.257. The monoisotopic (exact) mass is 377 g/mol. The molecule has 0 aliphatic carbocycles. The van der Waals surface area contributed by atoms with Crippen molar-refractivity contribution < 1.29 is 27.5 Å². The number of carbonyl (C=O) groups excluding carboxylic acids is 1. The van der Waals surface area contributed by atoms with Gasteiger partial charge in [0.2, 0.25) is 5.91 Å². The maximum Gasteiger partial charge on any atom is 0.406 e. The lowest BCUT2D eigenvalue weighted by molar-refractivity contribution is -0.163. The summed E-state index contributed by atoms with van der Waals surface area (Å²) in [7, 11) is 0. The van der Waals surface area contributed by atoms with Crippen LogP contribution in [-0.4, -0.2) is 83.3 Å². The van der Waals surface area contributed by atoms with Crippen molar-refractivity contribution in [3.05, 3.63) is 24.2 Å². The molecule has 1 aliphatic heterocycles. The number of furan rings is 1. The van der Waals surface area contributed by atoms with Gasteiger partial charge in [-0.2, -0.15) is 13.2 Å². The van der Waals surface area contributed by atoms with Gasteiger partial charge in [0, 0.05) is 32.7 Å². The Morgan fingerprint density at radius 1 is 1.23 bits per heavy atom. The van der Waals surface area contributed by atoms with Gasteiger partial charge >= 0.3 is 6.18 Å². The summed E-state index contributed by atoms with van der Waals surface area (Å²) >= 11 is 0. The van der Waals surface area contributed by atoms with Crippen molar-refractivity contribution in [3.8, 4) is 0 Å². The van der Waals surface area contributed by atoms with Gasteiger partial charge in [-0.15, -0.1) is 0 Å². The number of hydrogen-bond acceptors (Lipinski definition) is 5. The first-order valence-corrected chi connectivity index (χ1v) is 8.56. The van der Waals surface area contributed by atoms with E-state index >= 15 is 0 Å². The number of aliphatic hydroxyl groups is 1. The molecule has 6 nitrogen and oxygen atoms in total. The van der Waals surface area contributed by atoms with E-state index in [9.17, 15) is 23.1 Å². The molecule has 0 aromatic carbocycles. The third kappa shape index (κ3) is 7.35. The molecule has 1 fully saturated rings. The van der Waals surface area contributed by atoms with E-state index in [1.807, 2.05) is 4.90 Å². The summed E-state index contributed by atoms with van der Waals surface area (Å²) in [5.41, 5.74) is -0.801. The zero-order valence-corrected chi connectivity index (χ0v) is 15.1. The van der Waals surface area contributed by atoms with Crippen LogP contribution in [0.15, 0.2) is 22.8 Å². The van der Waals surface area contributed by atoms with Crippen LogP contribution >= 0.6 is 0 Å². The normalized spacial score (nSPS) is 17.5. The second kappa shape index (κ2) is 8.41. The number of carbonyl (C=O) groups is 1. The summed E-state index contributed by atoms with van der Waals surface area (Å²) in [5, 5.41) is 9.85. The van der Waals surface area contributed by atoms with Gasteiger partial charge in [0.1, 0.15) is 12.3 Å². The van der Waals surface area contributed by atoms with Crippen LogP contribution in [0.25, 0.3) is 0 Å². The Morgan fingerprint density at radius 3 is 2.35 bits per heavy atom. The van der Waals surface area contributed by atoms with Crippen LogP contribution in [0.5, 0.6) is 0 Å². The number of halogens is 3. The molecule has 9 heteroatoms. The molecule has 1 amide bonds. The molecule has 0 saturated carbocycles. The number of nitrogens with zero attached hydrogens (tertiary/aromatic N) is 3. The highest BCUT2D eigenvalue weighted by atomic mass is 19.4. The molecule has 0 spiro atoms. The van der Waals surface area contributed by atoms with Gasteiger partial charge < -0.3 is 14.4 Å². The maximum absolute atomic E-state index is 12.8. The third-order valence-electron chi connectivity index (χ3n) is 4.08. The zero-order valence-electron chi connectivity index (χ0n) is 15.1. The Bertz CT molecular complexity index is 562. The predicted molar refractivity (Wildman–Crippen MR) is 89.4 cm³/mol. The average Bonchev–Trinajstić information content (AvgIpc) is 2.98. The first kappa shape index (κ1) is 20.7. The first-order valence-electron chi connectivity index (χ1n) is 8.56. The second-order valence-corrected chi connectivity index (χ2v) is 7.31. The molecule has 1 aliphatic rings. The van der Waals surface area contributed by atoms with Crippen LogP contribution in [0.3, 0.4) is 0 Å². The molecule has 26 heavy (non-hydrogen) atoms. The SMILES string of the molecule is CC(C)(O)CN1CCN(CC(=O)N(Cc2ccco2)CC(F)(F)F)CC1. The van der Waals surface area contributed by atoms with Crippen LogP contribution in [0.1, 0.15) is 19.6 Å². The minimum Gasteiger partial charge on any atom is -0.467 e. The van der Waals surface area contributed by atoms with Crippen molar-refractivity contribution in [2.24, 2.45) is 0 Å². The van der Waals surface area contributed by atoms with Crippen LogP contribution in [0, 0.1) is 0 Å². The number of piperazine rings is 1. The lowest BCUT2D eigenvalue weighted by Crippen LogP contribution is -2.53. The van der Waals surface area contributed by atoms with Gasteiger partial charge in [-0.05, 0) is 26.0 Å². The minimum absolute atomic E-state index is 0.0624. The molecule has 1 aromatic heterocycles. The highest BCUT2D eigenvalue weighted by Gasteiger charge is 2.34. The summed E-state index contributed by atoms with van der Waals surface area (Å²) in [4.78, 5) is 17.1. The number of hydrogen-bond donors (Lipinski definition) is 1. The summed E-state index contributed by atoms with van der Waals surface area (Å²) in [6.45, 7) is 4.88. The molecule has 2 heterocycles. The van der Waals surface area contributed by atoms with E-state index in [0.29, 0.717) is 38.5 Å². The maximum atomic E-state index is 12.8. The number of alkyl halides is 3. The highest BCUT2D eigenvalue weighted by Crippen LogP contribution is 2.19. The van der Waals surface area contributed by atoms with Crippen molar-refractivity contribution in [1.82, 2.24) is 14.7 Å². The fourth-order valence-corrected chi connectivity index (χ4v) is 2.98. The molecule has 0 atom stereocenters. The fourth-order valence-electron chi connectivity index (χ4n) is 2.98. The molecule has 0 radical (unpaired) electrons. The van der Waals surface area contributed by atoms with E-state index in [-0.39, 0.29) is 13.1 Å².